The minimum Gasteiger partial charge on any atom is -0.462 e. The molecule has 0 aliphatic carbocycles. The summed E-state index contributed by atoms with van der Waals surface area (Å²) in [5.74, 6) is 0.786. The van der Waals surface area contributed by atoms with Crippen LogP contribution in [0.25, 0.3) is 10.9 Å². The molecule has 186 valence electrons. The van der Waals surface area contributed by atoms with Crippen molar-refractivity contribution >= 4 is 50.3 Å². The zero-order valence-corrected chi connectivity index (χ0v) is 22.8. The highest BCUT2D eigenvalue weighted by molar-refractivity contribution is 9.10. The molecule has 2 atom stereocenters. The van der Waals surface area contributed by atoms with Crippen molar-refractivity contribution in [3.63, 3.8) is 0 Å². The predicted octanol–water partition coefficient (Wildman–Crippen LogP) is 4.96. The van der Waals surface area contributed by atoms with Crippen LogP contribution in [0.3, 0.4) is 0 Å². The second kappa shape index (κ2) is 10.0. The number of rotatable bonds is 4. The fraction of sp³-hybridized carbons (Fsp3) is 0.625. The second-order valence-electron chi connectivity index (χ2n) is 10.2. The van der Waals surface area contributed by atoms with E-state index in [0.29, 0.717) is 43.3 Å². The normalized spacial score (nSPS) is 21.9. The number of ether oxygens (including phenoxy) is 2. The number of hydrogen-bond acceptors (Lipinski definition) is 7. The van der Waals surface area contributed by atoms with Crippen molar-refractivity contribution in [2.24, 2.45) is 0 Å². The topological polar surface area (TPSA) is 71.0 Å². The molecule has 1 amide bonds. The van der Waals surface area contributed by atoms with Gasteiger partial charge in [-0.05, 0) is 82.2 Å². The summed E-state index contributed by atoms with van der Waals surface area (Å²) in [5.41, 5.74) is 0.209. The van der Waals surface area contributed by atoms with Crippen LogP contribution in [-0.2, 0) is 4.74 Å². The molecule has 10 heteroatoms. The summed E-state index contributed by atoms with van der Waals surface area (Å²) in [6.07, 6.45) is 2.00. The monoisotopic (exact) mass is 553 g/mol. The Balaban J connectivity index is 1.60. The van der Waals surface area contributed by atoms with Crippen molar-refractivity contribution in [1.29, 1.82) is 0 Å². The molecule has 0 N–H and O–H groups in total. The van der Waals surface area contributed by atoms with Gasteiger partial charge in [-0.3, -0.25) is 0 Å². The molecule has 0 spiro atoms. The lowest BCUT2D eigenvalue weighted by Gasteiger charge is -2.41. The molecule has 2 fully saturated rings. The van der Waals surface area contributed by atoms with E-state index in [1.54, 1.807) is 4.90 Å². The first-order valence-electron chi connectivity index (χ1n) is 11.8. The molecule has 0 unspecified atom stereocenters. The maximum Gasteiger partial charge on any atom is 0.410 e. The number of hydrogen-bond donors (Lipinski definition) is 0. The third-order valence-corrected chi connectivity index (χ3v) is 7.52. The summed E-state index contributed by atoms with van der Waals surface area (Å²) >= 11 is 9.92. The van der Waals surface area contributed by atoms with E-state index in [9.17, 15) is 4.79 Å². The Labute approximate surface area is 214 Å². The zero-order valence-electron chi connectivity index (χ0n) is 20.5. The first-order chi connectivity index (χ1) is 16.0. The zero-order chi connectivity index (χ0) is 24.6. The lowest BCUT2D eigenvalue weighted by atomic mass is 10.1. The number of carbonyl (C=O) groups is 1. The van der Waals surface area contributed by atoms with Gasteiger partial charge in [-0.1, -0.05) is 11.6 Å². The third-order valence-electron chi connectivity index (χ3n) is 6.32. The van der Waals surface area contributed by atoms with Gasteiger partial charge in [0, 0.05) is 41.6 Å². The van der Waals surface area contributed by atoms with Crippen LogP contribution in [0.2, 0.25) is 5.02 Å². The van der Waals surface area contributed by atoms with Gasteiger partial charge in [-0.2, -0.15) is 9.97 Å². The molecular formula is C24H33BrClN5O3. The van der Waals surface area contributed by atoms with Crippen molar-refractivity contribution in [2.45, 2.75) is 58.2 Å². The average Bonchev–Trinajstić information content (AvgIpc) is 3.16. The second-order valence-corrected chi connectivity index (χ2v) is 11.4. The Morgan fingerprint density at radius 2 is 2.00 bits per heavy atom. The number of piperazine rings is 1. The molecule has 3 heterocycles. The number of nitrogens with zero attached hydrogens (tertiary/aromatic N) is 5. The minimum atomic E-state index is -0.522. The standard InChI is InChI=1S/C24H33BrClN5O3/c1-15-13-30(23(32)34-24(2,3)4)9-10-31(15)21-17-11-18(25)19(26)12-20(17)27-22(28-21)33-14-16-7-6-8-29(16)5/h11-12,15-16H,6-10,13-14H2,1-5H3/t15-,16-/m0/s1. The van der Waals surface area contributed by atoms with Crippen LogP contribution in [0, 0.1) is 0 Å². The summed E-state index contributed by atoms with van der Waals surface area (Å²) < 4.78 is 12.4. The number of carbonyl (C=O) groups excluding carboxylic acids is 1. The quantitative estimate of drug-likeness (QED) is 0.529. The van der Waals surface area contributed by atoms with Crippen molar-refractivity contribution in [2.75, 3.05) is 44.7 Å². The fourth-order valence-corrected chi connectivity index (χ4v) is 5.00. The Morgan fingerprint density at radius 1 is 1.24 bits per heavy atom. The Bertz CT molecular complexity index is 1060. The van der Waals surface area contributed by atoms with Crippen molar-refractivity contribution in [3.05, 3.63) is 21.6 Å². The van der Waals surface area contributed by atoms with Crippen LogP contribution >= 0.6 is 27.5 Å². The smallest absolute Gasteiger partial charge is 0.410 e. The largest absolute Gasteiger partial charge is 0.462 e. The molecular weight excluding hydrogens is 522 g/mol. The van der Waals surface area contributed by atoms with Gasteiger partial charge in [0.1, 0.15) is 18.0 Å². The summed E-state index contributed by atoms with van der Waals surface area (Å²) in [6.45, 7) is 11.1. The number of benzene rings is 1. The number of amides is 1. The molecule has 8 nitrogen and oxygen atoms in total. The van der Waals surface area contributed by atoms with Gasteiger partial charge in [-0.15, -0.1) is 0 Å². The molecule has 0 radical (unpaired) electrons. The minimum absolute atomic E-state index is 0.0302. The van der Waals surface area contributed by atoms with Crippen molar-refractivity contribution in [3.8, 4) is 6.01 Å². The molecule has 0 bridgehead atoms. The lowest BCUT2D eigenvalue weighted by molar-refractivity contribution is 0.0218. The average molecular weight is 555 g/mol. The van der Waals surface area contributed by atoms with Crippen LogP contribution in [0.15, 0.2) is 16.6 Å². The highest BCUT2D eigenvalue weighted by Crippen LogP contribution is 2.35. The van der Waals surface area contributed by atoms with Gasteiger partial charge in [0.05, 0.1) is 10.5 Å². The van der Waals surface area contributed by atoms with E-state index in [4.69, 9.17) is 26.1 Å². The van der Waals surface area contributed by atoms with E-state index in [0.717, 1.165) is 34.2 Å². The Morgan fingerprint density at radius 3 is 2.65 bits per heavy atom. The van der Waals surface area contributed by atoms with Gasteiger partial charge in [0.25, 0.3) is 0 Å². The van der Waals surface area contributed by atoms with Crippen molar-refractivity contribution in [1.82, 2.24) is 19.8 Å². The number of aromatic nitrogens is 2. The summed E-state index contributed by atoms with van der Waals surface area (Å²) in [7, 11) is 2.12. The van der Waals surface area contributed by atoms with E-state index >= 15 is 0 Å². The Kier molecular flexibility index (Phi) is 7.45. The third kappa shape index (κ3) is 5.69. The summed E-state index contributed by atoms with van der Waals surface area (Å²) in [6, 6.07) is 4.54. The van der Waals surface area contributed by atoms with Gasteiger partial charge < -0.3 is 24.2 Å². The number of likely N-dealkylation sites (N-methyl/N-ethyl adjacent to an activating group) is 1. The number of halogens is 2. The maximum atomic E-state index is 12.6. The number of fused-ring (bicyclic) bond motifs is 1. The van der Waals surface area contributed by atoms with Crippen molar-refractivity contribution < 1.29 is 14.3 Å². The molecule has 1 aromatic heterocycles. The van der Waals surface area contributed by atoms with Gasteiger partial charge >= 0.3 is 12.1 Å². The number of likely N-dealkylation sites (tertiary alicyclic amines) is 1. The van der Waals surface area contributed by atoms with E-state index in [-0.39, 0.29) is 12.1 Å². The van der Waals surface area contributed by atoms with Crippen LogP contribution in [0.5, 0.6) is 6.01 Å². The molecule has 34 heavy (non-hydrogen) atoms. The first kappa shape index (κ1) is 25.3. The molecule has 2 aliphatic rings. The predicted molar refractivity (Wildman–Crippen MR) is 138 cm³/mol. The van der Waals surface area contributed by atoms with Crippen LogP contribution in [0.4, 0.5) is 10.6 Å². The molecule has 1 aromatic carbocycles. The van der Waals surface area contributed by atoms with E-state index in [2.05, 4.69) is 44.7 Å². The van der Waals surface area contributed by atoms with Crippen LogP contribution in [-0.4, -0.2) is 83.4 Å². The SMILES string of the molecule is C[C@H]1CN(C(=O)OC(C)(C)C)CCN1c1nc(OC[C@@H]2CCCN2C)nc2cc(Cl)c(Br)cc12. The van der Waals surface area contributed by atoms with E-state index < -0.39 is 5.60 Å². The van der Waals surface area contributed by atoms with Gasteiger partial charge in [0.15, 0.2) is 0 Å². The molecule has 2 aromatic rings. The van der Waals surface area contributed by atoms with Crippen LogP contribution < -0.4 is 9.64 Å². The summed E-state index contributed by atoms with van der Waals surface area (Å²) in [4.78, 5) is 28.4. The maximum absolute atomic E-state index is 12.6. The molecule has 2 saturated heterocycles. The number of anilines is 1. The van der Waals surface area contributed by atoms with Crippen LogP contribution in [0.1, 0.15) is 40.5 Å². The van der Waals surface area contributed by atoms with Gasteiger partial charge in [0.2, 0.25) is 0 Å². The fourth-order valence-electron chi connectivity index (χ4n) is 4.50. The van der Waals surface area contributed by atoms with E-state index in [1.807, 2.05) is 32.9 Å². The van der Waals surface area contributed by atoms with E-state index in [1.165, 1.54) is 6.42 Å². The molecule has 0 saturated carbocycles. The highest BCUT2D eigenvalue weighted by atomic mass is 79.9. The molecule has 4 rings (SSSR count). The highest BCUT2D eigenvalue weighted by Gasteiger charge is 2.32. The Hall–Kier alpha value is -1.84. The van der Waals surface area contributed by atoms with Gasteiger partial charge in [-0.25, -0.2) is 4.79 Å². The first-order valence-corrected chi connectivity index (χ1v) is 12.9. The lowest BCUT2D eigenvalue weighted by Crippen LogP contribution is -2.54. The summed E-state index contributed by atoms with van der Waals surface area (Å²) in [5, 5.41) is 1.47. The molecule has 2 aliphatic heterocycles.